The normalized spacial score (nSPS) is 12.6. The van der Waals surface area contributed by atoms with Gasteiger partial charge in [-0.3, -0.25) is 4.98 Å². The summed E-state index contributed by atoms with van der Waals surface area (Å²) >= 11 is 0. The van der Waals surface area contributed by atoms with Gasteiger partial charge in [0, 0.05) is 34.9 Å². The summed E-state index contributed by atoms with van der Waals surface area (Å²) in [7, 11) is 0. The van der Waals surface area contributed by atoms with Gasteiger partial charge in [0.25, 0.3) is 0 Å². The maximum absolute atomic E-state index is 8.85. The van der Waals surface area contributed by atoms with Crippen LogP contribution in [0.15, 0.2) is 29.6 Å². The molecule has 2 aromatic rings. The van der Waals surface area contributed by atoms with Crippen LogP contribution >= 0.6 is 0 Å². The van der Waals surface area contributed by atoms with Crippen LogP contribution in [0.5, 0.6) is 0 Å². The maximum Gasteiger partial charge on any atom is 0.162 e. The average Bonchev–Trinajstić information content (AvgIpc) is 2.60. The minimum absolute atomic E-state index is 0.400. The van der Waals surface area contributed by atoms with Crippen LogP contribution in [-0.4, -0.2) is 15.7 Å². The van der Waals surface area contributed by atoms with E-state index in [-0.39, 0.29) is 0 Å². The predicted molar refractivity (Wildman–Crippen MR) is 51.3 cm³/mol. The van der Waals surface area contributed by atoms with Crippen molar-refractivity contribution in [2.24, 2.45) is 4.99 Å². The standard InChI is InChI=1S/C10H4N4/c11-3-8-7-5-12-4-6-1-2-13-10(14-8)9(6)7/h1-2,4-5H. The fourth-order valence-corrected chi connectivity index (χ4v) is 1.62. The van der Waals surface area contributed by atoms with E-state index < -0.39 is 0 Å². The lowest BCUT2D eigenvalue weighted by Gasteiger charge is -1.97. The zero-order valence-electron chi connectivity index (χ0n) is 7.10. The molecule has 3 rings (SSSR count). The van der Waals surface area contributed by atoms with E-state index in [1.54, 1.807) is 18.6 Å². The molecule has 64 valence electrons. The molecule has 14 heavy (non-hydrogen) atoms. The minimum Gasteiger partial charge on any atom is -0.263 e. The summed E-state index contributed by atoms with van der Waals surface area (Å²) in [5, 5.41) is 10.8. The van der Waals surface area contributed by atoms with Crippen molar-refractivity contribution in [3.63, 3.8) is 0 Å². The molecule has 2 aromatic heterocycles. The van der Waals surface area contributed by atoms with Gasteiger partial charge >= 0.3 is 0 Å². The van der Waals surface area contributed by atoms with E-state index in [1.807, 2.05) is 12.1 Å². The Hall–Kier alpha value is -2.28. The Morgan fingerprint density at radius 3 is 3.07 bits per heavy atom. The van der Waals surface area contributed by atoms with E-state index in [2.05, 4.69) is 15.0 Å². The Morgan fingerprint density at radius 1 is 1.29 bits per heavy atom. The molecule has 0 aliphatic carbocycles. The smallest absolute Gasteiger partial charge is 0.162 e. The Morgan fingerprint density at radius 2 is 2.21 bits per heavy atom. The summed E-state index contributed by atoms with van der Waals surface area (Å²) in [5.74, 6) is 0.622. The van der Waals surface area contributed by atoms with Gasteiger partial charge in [0.05, 0.1) is 0 Å². The molecule has 0 atom stereocenters. The first kappa shape index (κ1) is 7.15. The van der Waals surface area contributed by atoms with Crippen molar-refractivity contribution in [1.29, 1.82) is 5.26 Å². The van der Waals surface area contributed by atoms with Gasteiger partial charge in [-0.15, -0.1) is 0 Å². The van der Waals surface area contributed by atoms with Crippen molar-refractivity contribution in [1.82, 2.24) is 9.97 Å². The molecule has 0 saturated carbocycles. The first-order valence-electron chi connectivity index (χ1n) is 4.12. The molecule has 0 aromatic carbocycles. The van der Waals surface area contributed by atoms with Crippen molar-refractivity contribution in [3.8, 4) is 6.07 Å². The molecule has 0 spiro atoms. The third-order valence-electron chi connectivity index (χ3n) is 2.23. The fraction of sp³-hybridized carbons (Fsp3) is 0. The second-order valence-electron chi connectivity index (χ2n) is 2.99. The van der Waals surface area contributed by atoms with E-state index in [0.29, 0.717) is 11.5 Å². The van der Waals surface area contributed by atoms with Gasteiger partial charge in [-0.1, -0.05) is 0 Å². The predicted octanol–water partition coefficient (Wildman–Crippen LogP) is 1.59. The highest BCUT2D eigenvalue weighted by Crippen LogP contribution is 2.32. The number of aromatic nitrogens is 2. The number of nitrogens with zero attached hydrogens (tertiary/aromatic N) is 4. The lowest BCUT2D eigenvalue weighted by atomic mass is 10.1. The van der Waals surface area contributed by atoms with Crippen molar-refractivity contribution in [3.05, 3.63) is 30.2 Å². The van der Waals surface area contributed by atoms with E-state index in [1.165, 1.54) is 0 Å². The molecular formula is C10H4N4. The van der Waals surface area contributed by atoms with Crippen LogP contribution in [0.1, 0.15) is 5.56 Å². The summed E-state index contributed by atoms with van der Waals surface area (Å²) in [6, 6.07) is 3.91. The summed E-state index contributed by atoms with van der Waals surface area (Å²) in [5.41, 5.74) is 1.19. The van der Waals surface area contributed by atoms with E-state index in [9.17, 15) is 0 Å². The molecular weight excluding hydrogens is 176 g/mol. The zero-order valence-corrected chi connectivity index (χ0v) is 7.10. The average molecular weight is 180 g/mol. The lowest BCUT2D eigenvalue weighted by molar-refractivity contribution is 1.31. The molecule has 1 aliphatic rings. The van der Waals surface area contributed by atoms with Gasteiger partial charge in [0.1, 0.15) is 6.07 Å². The highest BCUT2D eigenvalue weighted by Gasteiger charge is 2.18. The zero-order chi connectivity index (χ0) is 9.54. The number of hydrogen-bond donors (Lipinski definition) is 0. The molecule has 3 heterocycles. The van der Waals surface area contributed by atoms with E-state index in [0.717, 1.165) is 16.3 Å². The summed E-state index contributed by atoms with van der Waals surface area (Å²) in [6.07, 6.45) is 5.08. The van der Waals surface area contributed by atoms with Crippen molar-refractivity contribution in [2.45, 2.75) is 0 Å². The topological polar surface area (TPSA) is 61.9 Å². The number of aliphatic imine (C=N–C) groups is 1. The van der Waals surface area contributed by atoms with E-state index >= 15 is 0 Å². The van der Waals surface area contributed by atoms with Crippen molar-refractivity contribution in [2.75, 3.05) is 0 Å². The molecule has 0 radical (unpaired) electrons. The van der Waals surface area contributed by atoms with Crippen LogP contribution in [0.3, 0.4) is 0 Å². The van der Waals surface area contributed by atoms with Crippen LogP contribution in [-0.2, 0) is 0 Å². The quantitative estimate of drug-likeness (QED) is 0.618. The first-order valence-corrected chi connectivity index (χ1v) is 4.12. The molecule has 4 nitrogen and oxygen atoms in total. The molecule has 0 fully saturated rings. The summed E-state index contributed by atoms with van der Waals surface area (Å²) in [4.78, 5) is 12.3. The van der Waals surface area contributed by atoms with Crippen LogP contribution in [0.25, 0.3) is 10.8 Å². The monoisotopic (exact) mass is 180 g/mol. The molecule has 4 heteroatoms. The number of hydrogen-bond acceptors (Lipinski definition) is 4. The molecule has 0 amide bonds. The largest absolute Gasteiger partial charge is 0.263 e. The Bertz CT molecular complexity index is 602. The van der Waals surface area contributed by atoms with E-state index in [4.69, 9.17) is 5.26 Å². The van der Waals surface area contributed by atoms with Gasteiger partial charge < -0.3 is 0 Å². The Kier molecular flexibility index (Phi) is 1.21. The highest BCUT2D eigenvalue weighted by atomic mass is 14.9. The maximum atomic E-state index is 8.85. The van der Waals surface area contributed by atoms with Gasteiger partial charge in [-0.05, 0) is 6.07 Å². The summed E-state index contributed by atoms with van der Waals surface area (Å²) < 4.78 is 0. The number of nitriles is 1. The molecule has 1 aliphatic heterocycles. The third kappa shape index (κ3) is 0.735. The third-order valence-corrected chi connectivity index (χ3v) is 2.23. The Labute approximate surface area is 79.6 Å². The van der Waals surface area contributed by atoms with Gasteiger partial charge in [0.2, 0.25) is 0 Å². The first-order chi connectivity index (χ1) is 6.90. The highest BCUT2D eigenvalue weighted by molar-refractivity contribution is 6.24. The van der Waals surface area contributed by atoms with Crippen LogP contribution in [0.4, 0.5) is 5.82 Å². The van der Waals surface area contributed by atoms with Crippen LogP contribution < -0.4 is 0 Å². The van der Waals surface area contributed by atoms with Crippen LogP contribution in [0.2, 0.25) is 0 Å². The molecule has 0 unspecified atom stereocenters. The fourth-order valence-electron chi connectivity index (χ4n) is 1.62. The summed E-state index contributed by atoms with van der Waals surface area (Å²) in [6.45, 7) is 0. The lowest BCUT2D eigenvalue weighted by Crippen LogP contribution is -1.93. The number of rotatable bonds is 0. The second-order valence-corrected chi connectivity index (χ2v) is 2.99. The van der Waals surface area contributed by atoms with Gasteiger partial charge in [-0.2, -0.15) is 5.26 Å². The molecule has 0 bridgehead atoms. The SMILES string of the molecule is N#CC1=Nc2nccc3cncc1c23. The van der Waals surface area contributed by atoms with Gasteiger partial charge in [0.15, 0.2) is 11.5 Å². The van der Waals surface area contributed by atoms with Crippen LogP contribution in [0, 0.1) is 11.3 Å². The minimum atomic E-state index is 0.400. The molecule has 0 N–H and O–H groups in total. The number of pyridine rings is 2. The second kappa shape index (κ2) is 2.36. The Balaban J connectivity index is 2.54. The molecule has 0 saturated heterocycles. The van der Waals surface area contributed by atoms with Gasteiger partial charge in [-0.25, -0.2) is 9.98 Å². The van der Waals surface area contributed by atoms with Crippen molar-refractivity contribution >= 4 is 22.3 Å². The van der Waals surface area contributed by atoms with Crippen molar-refractivity contribution < 1.29 is 0 Å².